The van der Waals surface area contributed by atoms with E-state index >= 15 is 0 Å². The number of hydrogen-bond donors (Lipinski definition) is 1. The van der Waals surface area contributed by atoms with E-state index in [4.69, 9.17) is 22.1 Å². The molecule has 0 bridgehead atoms. The van der Waals surface area contributed by atoms with Gasteiger partial charge in [0.25, 0.3) is 0 Å². The molecule has 0 aliphatic carbocycles. The van der Waals surface area contributed by atoms with Crippen LogP contribution in [0.4, 0.5) is 10.1 Å². The van der Waals surface area contributed by atoms with E-state index in [2.05, 4.69) is 0 Å². The van der Waals surface area contributed by atoms with E-state index in [1.807, 2.05) is 0 Å². The van der Waals surface area contributed by atoms with Gasteiger partial charge in [-0.25, -0.2) is 4.39 Å². The Morgan fingerprint density at radius 1 is 1.18 bits per heavy atom. The fourth-order valence-corrected chi connectivity index (χ4v) is 1.73. The first-order valence-electron chi connectivity index (χ1n) is 5.01. The number of hydrogen-bond acceptors (Lipinski definition) is 2. The second-order valence-corrected chi connectivity index (χ2v) is 3.99. The zero-order valence-corrected chi connectivity index (χ0v) is 9.96. The lowest BCUT2D eigenvalue weighted by Gasteiger charge is -2.07. The van der Waals surface area contributed by atoms with Crippen LogP contribution in [0.3, 0.4) is 0 Å². The second kappa shape index (κ2) is 4.63. The number of rotatable bonds is 2. The summed E-state index contributed by atoms with van der Waals surface area (Å²) in [7, 11) is 1.49. The average Bonchev–Trinajstić information content (AvgIpc) is 2.32. The number of halogens is 2. The Hall–Kier alpha value is -1.74. The van der Waals surface area contributed by atoms with Crippen LogP contribution in [0.1, 0.15) is 0 Å². The number of methoxy groups -OCH3 is 1. The predicted molar refractivity (Wildman–Crippen MR) is 67.8 cm³/mol. The molecule has 0 unspecified atom stereocenters. The van der Waals surface area contributed by atoms with Gasteiger partial charge in [0.1, 0.15) is 11.6 Å². The number of anilines is 1. The molecule has 0 radical (unpaired) electrons. The molecule has 2 N–H and O–H groups in total. The topological polar surface area (TPSA) is 35.2 Å². The number of benzene rings is 2. The molecule has 2 aromatic rings. The van der Waals surface area contributed by atoms with E-state index < -0.39 is 0 Å². The van der Waals surface area contributed by atoms with Crippen LogP contribution in [-0.4, -0.2) is 7.11 Å². The molecular weight excluding hydrogens is 241 g/mol. The Morgan fingerprint density at radius 3 is 2.53 bits per heavy atom. The highest BCUT2D eigenvalue weighted by Gasteiger charge is 2.08. The Labute approximate surface area is 104 Å². The minimum absolute atomic E-state index is 0.356. The van der Waals surface area contributed by atoms with Crippen molar-refractivity contribution in [2.24, 2.45) is 0 Å². The quantitative estimate of drug-likeness (QED) is 0.826. The van der Waals surface area contributed by atoms with Crippen LogP contribution < -0.4 is 10.5 Å². The maximum atomic E-state index is 13.8. The third-order valence-corrected chi connectivity index (χ3v) is 2.82. The van der Waals surface area contributed by atoms with E-state index in [1.54, 1.807) is 30.3 Å². The van der Waals surface area contributed by atoms with Gasteiger partial charge in [0, 0.05) is 11.6 Å². The third-order valence-electron chi connectivity index (χ3n) is 2.49. The summed E-state index contributed by atoms with van der Waals surface area (Å²) in [5.74, 6) is 0.123. The molecule has 0 aromatic heterocycles. The van der Waals surface area contributed by atoms with Gasteiger partial charge in [0.15, 0.2) is 0 Å². The van der Waals surface area contributed by atoms with Crippen LogP contribution in [0.25, 0.3) is 11.1 Å². The van der Waals surface area contributed by atoms with E-state index in [0.717, 1.165) is 0 Å². The Bertz CT molecular complexity index is 557. The van der Waals surface area contributed by atoms with Crippen LogP contribution in [0, 0.1) is 5.82 Å². The molecule has 4 heteroatoms. The van der Waals surface area contributed by atoms with Crippen molar-refractivity contribution in [1.82, 2.24) is 0 Å². The Balaban J connectivity index is 2.49. The molecule has 17 heavy (non-hydrogen) atoms. The minimum Gasteiger partial charge on any atom is -0.497 e. The molecule has 2 aromatic carbocycles. The van der Waals surface area contributed by atoms with Gasteiger partial charge < -0.3 is 10.5 Å². The normalized spacial score (nSPS) is 10.3. The van der Waals surface area contributed by atoms with Crippen LogP contribution in [0.15, 0.2) is 36.4 Å². The van der Waals surface area contributed by atoms with E-state index in [-0.39, 0.29) is 5.82 Å². The number of nitrogens with two attached hydrogens (primary N) is 1. The van der Waals surface area contributed by atoms with Gasteiger partial charge in [0.2, 0.25) is 0 Å². The maximum Gasteiger partial charge on any atom is 0.134 e. The van der Waals surface area contributed by atoms with Crippen molar-refractivity contribution in [1.29, 1.82) is 0 Å². The summed E-state index contributed by atoms with van der Waals surface area (Å²) in [4.78, 5) is 0. The van der Waals surface area contributed by atoms with Crippen molar-refractivity contribution in [3.8, 4) is 16.9 Å². The molecule has 2 rings (SSSR count). The van der Waals surface area contributed by atoms with Crippen molar-refractivity contribution in [3.63, 3.8) is 0 Å². The van der Waals surface area contributed by atoms with Crippen molar-refractivity contribution in [2.45, 2.75) is 0 Å². The fraction of sp³-hybridized carbons (Fsp3) is 0.0769. The second-order valence-electron chi connectivity index (χ2n) is 3.58. The molecule has 0 heterocycles. The van der Waals surface area contributed by atoms with Gasteiger partial charge in [-0.3, -0.25) is 0 Å². The van der Waals surface area contributed by atoms with Crippen molar-refractivity contribution >= 4 is 17.3 Å². The summed E-state index contributed by atoms with van der Waals surface area (Å²) >= 11 is 5.90. The smallest absolute Gasteiger partial charge is 0.134 e. The summed E-state index contributed by atoms with van der Waals surface area (Å²) in [6.07, 6.45) is 0. The van der Waals surface area contributed by atoms with Gasteiger partial charge in [-0.1, -0.05) is 17.7 Å². The molecule has 0 spiro atoms. The summed E-state index contributed by atoms with van der Waals surface area (Å²) in [5.41, 5.74) is 7.23. The van der Waals surface area contributed by atoms with Crippen molar-refractivity contribution in [2.75, 3.05) is 12.8 Å². The largest absolute Gasteiger partial charge is 0.497 e. The molecule has 0 atom stereocenters. The molecule has 88 valence electrons. The van der Waals surface area contributed by atoms with Gasteiger partial charge in [0.05, 0.1) is 17.8 Å². The Kier molecular flexibility index (Phi) is 3.20. The van der Waals surface area contributed by atoms with E-state index in [0.29, 0.717) is 27.6 Å². The minimum atomic E-state index is -0.356. The molecule has 0 fully saturated rings. The highest BCUT2D eigenvalue weighted by atomic mass is 35.5. The van der Waals surface area contributed by atoms with E-state index in [1.165, 1.54) is 13.2 Å². The Morgan fingerprint density at radius 2 is 1.94 bits per heavy atom. The lowest BCUT2D eigenvalue weighted by Crippen LogP contribution is -1.90. The monoisotopic (exact) mass is 251 g/mol. The van der Waals surface area contributed by atoms with Gasteiger partial charge >= 0.3 is 0 Å². The van der Waals surface area contributed by atoms with Crippen LogP contribution >= 0.6 is 11.6 Å². The summed E-state index contributed by atoms with van der Waals surface area (Å²) < 4.78 is 18.7. The molecule has 0 amide bonds. The highest BCUT2D eigenvalue weighted by Crippen LogP contribution is 2.30. The first-order valence-corrected chi connectivity index (χ1v) is 5.38. The first kappa shape index (κ1) is 11.7. The first-order chi connectivity index (χ1) is 8.11. The molecule has 0 aliphatic rings. The zero-order chi connectivity index (χ0) is 12.4. The van der Waals surface area contributed by atoms with Crippen LogP contribution in [-0.2, 0) is 0 Å². The van der Waals surface area contributed by atoms with Crippen LogP contribution in [0.5, 0.6) is 5.75 Å². The lowest BCUT2D eigenvalue weighted by molar-refractivity contribution is 0.411. The molecule has 0 saturated carbocycles. The van der Waals surface area contributed by atoms with Gasteiger partial charge in [-0.05, 0) is 29.8 Å². The van der Waals surface area contributed by atoms with E-state index in [9.17, 15) is 4.39 Å². The van der Waals surface area contributed by atoms with Crippen molar-refractivity contribution in [3.05, 3.63) is 47.2 Å². The third kappa shape index (κ3) is 2.34. The molecule has 2 nitrogen and oxygen atoms in total. The number of nitrogen functional groups attached to an aromatic ring is 1. The highest BCUT2D eigenvalue weighted by molar-refractivity contribution is 6.33. The summed E-state index contributed by atoms with van der Waals surface area (Å²) in [6, 6.07) is 9.70. The SMILES string of the molecule is COc1ccc(-c2ccc(N)c(Cl)c2)c(F)c1. The average molecular weight is 252 g/mol. The van der Waals surface area contributed by atoms with Crippen molar-refractivity contribution < 1.29 is 9.13 Å². The van der Waals surface area contributed by atoms with Gasteiger partial charge in [-0.15, -0.1) is 0 Å². The fourth-order valence-electron chi connectivity index (χ4n) is 1.55. The summed E-state index contributed by atoms with van der Waals surface area (Å²) in [5, 5.41) is 0.415. The standard InChI is InChI=1S/C13H11ClFNO/c1-17-9-3-4-10(12(15)7-9)8-2-5-13(16)11(14)6-8/h2-7H,16H2,1H3. The maximum absolute atomic E-state index is 13.8. The van der Waals surface area contributed by atoms with Gasteiger partial charge in [-0.2, -0.15) is 0 Å². The summed E-state index contributed by atoms with van der Waals surface area (Å²) in [6.45, 7) is 0. The lowest BCUT2D eigenvalue weighted by atomic mass is 10.0. The molecule has 0 aliphatic heterocycles. The predicted octanol–water partition coefficient (Wildman–Crippen LogP) is 3.74. The van der Waals surface area contributed by atoms with Crippen LogP contribution in [0.2, 0.25) is 5.02 Å². The zero-order valence-electron chi connectivity index (χ0n) is 9.21. The molecular formula is C13H11ClFNO. The number of ether oxygens (including phenoxy) is 1. The molecule has 0 saturated heterocycles.